The van der Waals surface area contributed by atoms with Crippen molar-refractivity contribution in [3.05, 3.63) is 70.6 Å². The van der Waals surface area contributed by atoms with Crippen molar-refractivity contribution in [3.8, 4) is 11.3 Å². The van der Waals surface area contributed by atoms with Crippen LogP contribution in [-0.4, -0.2) is 21.2 Å². The Morgan fingerprint density at radius 2 is 2.00 bits per heavy atom. The fourth-order valence-electron chi connectivity index (χ4n) is 2.96. The summed E-state index contributed by atoms with van der Waals surface area (Å²) in [5.41, 5.74) is 2.71. The third-order valence-electron chi connectivity index (χ3n) is 4.24. The van der Waals surface area contributed by atoms with E-state index >= 15 is 0 Å². The second kappa shape index (κ2) is 7.13. The van der Waals surface area contributed by atoms with Crippen molar-refractivity contribution < 1.29 is 9.18 Å². The number of nitrogens with zero attached hydrogens (tertiary/aromatic N) is 2. The smallest absolute Gasteiger partial charge is 0.254 e. The van der Waals surface area contributed by atoms with Crippen molar-refractivity contribution in [1.82, 2.24) is 14.9 Å². The summed E-state index contributed by atoms with van der Waals surface area (Å²) in [4.78, 5) is 17.1. The lowest BCUT2D eigenvalue weighted by Crippen LogP contribution is -2.25. The summed E-state index contributed by atoms with van der Waals surface area (Å²) in [6.45, 7) is 1.12. The number of carbonyl (C=O) groups is 1. The number of hydrogen-bond donors (Lipinski definition) is 1. The lowest BCUT2D eigenvalue weighted by Gasteiger charge is -2.10. The number of aromatic nitrogens is 2. The van der Waals surface area contributed by atoms with Gasteiger partial charge in [0.25, 0.3) is 5.91 Å². The predicted octanol–water partition coefficient (Wildman–Crippen LogP) is 4.38. The fraction of sp³-hybridized carbons (Fsp3) is 0.158. The maximum atomic E-state index is 13.8. The van der Waals surface area contributed by atoms with Gasteiger partial charge in [-0.15, -0.1) is 0 Å². The summed E-state index contributed by atoms with van der Waals surface area (Å²) in [5.74, 6) is -0.0133. The van der Waals surface area contributed by atoms with Crippen molar-refractivity contribution in [2.75, 3.05) is 5.75 Å². The number of nitrogens with one attached hydrogen (secondary N) is 1. The first-order valence-corrected chi connectivity index (χ1v) is 9.50. The molecule has 0 aliphatic carbocycles. The van der Waals surface area contributed by atoms with Crippen LogP contribution in [-0.2, 0) is 13.1 Å². The van der Waals surface area contributed by atoms with Crippen LogP contribution in [0.5, 0.6) is 0 Å². The van der Waals surface area contributed by atoms with Crippen LogP contribution in [0.3, 0.4) is 0 Å². The van der Waals surface area contributed by atoms with Crippen LogP contribution in [0, 0.1) is 5.82 Å². The van der Waals surface area contributed by atoms with Crippen molar-refractivity contribution >= 4 is 29.3 Å². The largest absolute Gasteiger partial charge is 0.346 e. The van der Waals surface area contributed by atoms with Gasteiger partial charge in [0, 0.05) is 22.9 Å². The average molecular weight is 388 g/mol. The Hall–Kier alpha value is -2.31. The molecule has 1 N–H and O–H groups in total. The minimum absolute atomic E-state index is 0.0380. The molecule has 0 atom stereocenters. The van der Waals surface area contributed by atoms with Gasteiger partial charge in [-0.3, -0.25) is 4.79 Å². The van der Waals surface area contributed by atoms with E-state index in [2.05, 4.69) is 9.88 Å². The summed E-state index contributed by atoms with van der Waals surface area (Å²) in [6.07, 6.45) is 0. The van der Waals surface area contributed by atoms with E-state index < -0.39 is 11.7 Å². The number of carbonyl (C=O) groups excluding carboxylic acids is 1. The zero-order chi connectivity index (χ0) is 18.1. The van der Waals surface area contributed by atoms with Gasteiger partial charge in [-0.1, -0.05) is 47.6 Å². The van der Waals surface area contributed by atoms with E-state index in [0.29, 0.717) is 5.02 Å². The van der Waals surface area contributed by atoms with Gasteiger partial charge >= 0.3 is 0 Å². The maximum absolute atomic E-state index is 13.8. The number of fused-ring (bicyclic) bond motifs is 1. The van der Waals surface area contributed by atoms with E-state index in [-0.39, 0.29) is 12.1 Å². The quantitative estimate of drug-likeness (QED) is 0.722. The zero-order valence-electron chi connectivity index (χ0n) is 13.7. The molecular weight excluding hydrogens is 373 g/mol. The average Bonchev–Trinajstić information content (AvgIpc) is 3.22. The first-order valence-electron chi connectivity index (χ1n) is 8.14. The molecule has 1 aliphatic rings. The molecule has 0 spiro atoms. The molecule has 2 heterocycles. The van der Waals surface area contributed by atoms with Gasteiger partial charge in [0.1, 0.15) is 5.82 Å². The third-order valence-corrected chi connectivity index (χ3v) is 5.44. The van der Waals surface area contributed by atoms with Crippen molar-refractivity contribution in [2.24, 2.45) is 0 Å². The summed E-state index contributed by atoms with van der Waals surface area (Å²) in [7, 11) is 0. The summed E-state index contributed by atoms with van der Waals surface area (Å²) >= 11 is 7.66. The minimum Gasteiger partial charge on any atom is -0.346 e. The highest BCUT2D eigenvalue weighted by atomic mass is 35.5. The normalized spacial score (nSPS) is 12.8. The highest BCUT2D eigenvalue weighted by Gasteiger charge is 2.23. The number of rotatable bonds is 4. The van der Waals surface area contributed by atoms with Gasteiger partial charge in [0.15, 0.2) is 5.16 Å². The Morgan fingerprint density at radius 3 is 2.77 bits per heavy atom. The molecule has 26 heavy (non-hydrogen) atoms. The van der Waals surface area contributed by atoms with Gasteiger partial charge in [0.05, 0.1) is 23.5 Å². The molecule has 0 saturated heterocycles. The van der Waals surface area contributed by atoms with E-state index in [9.17, 15) is 9.18 Å². The molecule has 4 rings (SSSR count). The molecule has 3 aromatic rings. The highest BCUT2D eigenvalue weighted by Crippen LogP contribution is 2.33. The first-order chi connectivity index (χ1) is 12.6. The number of hydrogen-bond acceptors (Lipinski definition) is 3. The molecule has 0 saturated carbocycles. The number of benzene rings is 2. The monoisotopic (exact) mass is 387 g/mol. The van der Waals surface area contributed by atoms with Gasteiger partial charge in [-0.2, -0.15) is 0 Å². The fourth-order valence-corrected chi connectivity index (χ4v) is 4.05. The summed E-state index contributed by atoms with van der Waals surface area (Å²) in [6, 6.07) is 13.4. The topological polar surface area (TPSA) is 46.9 Å². The van der Waals surface area contributed by atoms with Crippen LogP contribution in [0.4, 0.5) is 4.39 Å². The first kappa shape index (κ1) is 17.1. The molecule has 0 fully saturated rings. The number of thioether (sulfide) groups is 1. The molecule has 2 aromatic carbocycles. The van der Waals surface area contributed by atoms with Crippen LogP contribution >= 0.6 is 23.4 Å². The van der Waals surface area contributed by atoms with E-state index in [4.69, 9.17) is 16.6 Å². The second-order valence-electron chi connectivity index (χ2n) is 5.86. The van der Waals surface area contributed by atoms with Gasteiger partial charge < -0.3 is 9.88 Å². The minimum atomic E-state index is -0.531. The lowest BCUT2D eigenvalue weighted by molar-refractivity contribution is 0.0946. The van der Waals surface area contributed by atoms with Gasteiger partial charge in [-0.25, -0.2) is 9.37 Å². The second-order valence-corrected chi connectivity index (χ2v) is 7.36. The SMILES string of the molecule is O=C(NCc1c(-c2ccc(Cl)cc2)nc2n1CCS2)c1ccccc1F. The molecule has 1 aromatic heterocycles. The molecule has 4 nitrogen and oxygen atoms in total. The summed E-state index contributed by atoms with van der Waals surface area (Å²) < 4.78 is 15.9. The van der Waals surface area contributed by atoms with Crippen LogP contribution in [0.2, 0.25) is 5.02 Å². The molecule has 1 aliphatic heterocycles. The van der Waals surface area contributed by atoms with Crippen LogP contribution < -0.4 is 5.32 Å². The Kier molecular flexibility index (Phi) is 4.70. The molecule has 0 radical (unpaired) electrons. The molecule has 1 amide bonds. The summed E-state index contributed by atoms with van der Waals surface area (Å²) in [5, 5.41) is 4.41. The Morgan fingerprint density at radius 1 is 1.23 bits per heavy atom. The molecular formula is C19H15ClFN3OS. The number of halogens is 2. The van der Waals surface area contributed by atoms with Crippen LogP contribution in [0.25, 0.3) is 11.3 Å². The molecule has 0 bridgehead atoms. The van der Waals surface area contributed by atoms with E-state index in [1.54, 1.807) is 23.9 Å². The zero-order valence-corrected chi connectivity index (χ0v) is 15.3. The predicted molar refractivity (Wildman–Crippen MR) is 101 cm³/mol. The van der Waals surface area contributed by atoms with Crippen molar-refractivity contribution in [2.45, 2.75) is 18.2 Å². The van der Waals surface area contributed by atoms with E-state index in [0.717, 1.165) is 34.4 Å². The Bertz CT molecular complexity index is 971. The van der Waals surface area contributed by atoms with Crippen molar-refractivity contribution in [3.63, 3.8) is 0 Å². The number of amides is 1. The maximum Gasteiger partial charge on any atom is 0.254 e. The van der Waals surface area contributed by atoms with Crippen molar-refractivity contribution in [1.29, 1.82) is 0 Å². The van der Waals surface area contributed by atoms with E-state index in [1.807, 2.05) is 24.3 Å². The third kappa shape index (κ3) is 3.22. The molecule has 0 unspecified atom stereocenters. The Balaban J connectivity index is 1.63. The molecule has 7 heteroatoms. The lowest BCUT2D eigenvalue weighted by atomic mass is 10.1. The number of imidazole rings is 1. The Labute approximate surface area is 159 Å². The van der Waals surface area contributed by atoms with Crippen LogP contribution in [0.15, 0.2) is 53.7 Å². The van der Waals surface area contributed by atoms with Gasteiger partial charge in [0.2, 0.25) is 0 Å². The van der Waals surface area contributed by atoms with Crippen LogP contribution in [0.1, 0.15) is 16.1 Å². The highest BCUT2D eigenvalue weighted by molar-refractivity contribution is 7.99. The van der Waals surface area contributed by atoms with E-state index in [1.165, 1.54) is 12.1 Å². The van der Waals surface area contributed by atoms with Gasteiger partial charge in [-0.05, 0) is 24.3 Å². The molecule has 132 valence electrons. The standard InChI is InChI=1S/C19H15ClFN3OS/c20-13-7-5-12(6-8-13)17-16(24-9-10-26-19(24)23-17)11-22-18(25)14-3-1-2-4-15(14)21/h1-8H,9-11H2,(H,22,25).